The van der Waals surface area contributed by atoms with E-state index in [1.807, 2.05) is 11.3 Å². The molecule has 3 unspecified atom stereocenters. The maximum Gasteiger partial charge on any atom is 0.0440 e. The molecule has 2 N–H and O–H groups in total. The molecule has 2 nitrogen and oxygen atoms in total. The highest BCUT2D eigenvalue weighted by molar-refractivity contribution is 7.10. The van der Waals surface area contributed by atoms with E-state index in [1.54, 1.807) is 0 Å². The molecular formula is C16H28N2S. The molecule has 19 heavy (non-hydrogen) atoms. The Bertz CT molecular complexity index is 342. The molecule has 0 spiro atoms. The molecule has 1 aliphatic heterocycles. The van der Waals surface area contributed by atoms with Gasteiger partial charge in [-0.2, -0.15) is 0 Å². The molecule has 0 aromatic carbocycles. The third-order valence-corrected chi connectivity index (χ3v) is 4.99. The summed E-state index contributed by atoms with van der Waals surface area (Å²) in [5, 5.41) is 9.67. The number of hydrogen-bond donors (Lipinski definition) is 2. The molecule has 108 valence electrons. The minimum atomic E-state index is 0.499. The summed E-state index contributed by atoms with van der Waals surface area (Å²) in [5.74, 6) is 0.639. The molecule has 2 rings (SSSR count). The quantitative estimate of drug-likeness (QED) is 0.824. The molecule has 0 aliphatic carbocycles. The van der Waals surface area contributed by atoms with Gasteiger partial charge < -0.3 is 10.6 Å². The van der Waals surface area contributed by atoms with Crippen LogP contribution in [-0.4, -0.2) is 18.6 Å². The second kappa shape index (κ2) is 7.41. The summed E-state index contributed by atoms with van der Waals surface area (Å²) in [6, 6.07) is 6.20. The van der Waals surface area contributed by atoms with Crippen LogP contribution in [0.1, 0.15) is 57.4 Å². The molecule has 3 atom stereocenters. The van der Waals surface area contributed by atoms with Crippen molar-refractivity contribution in [3.05, 3.63) is 22.4 Å². The number of piperidine rings is 1. The Morgan fingerprint density at radius 1 is 1.37 bits per heavy atom. The minimum Gasteiger partial charge on any atom is -0.314 e. The maximum absolute atomic E-state index is 3.84. The van der Waals surface area contributed by atoms with Gasteiger partial charge in [-0.25, -0.2) is 0 Å². The van der Waals surface area contributed by atoms with Crippen molar-refractivity contribution in [1.29, 1.82) is 0 Å². The van der Waals surface area contributed by atoms with Crippen LogP contribution in [0.2, 0.25) is 0 Å². The molecule has 1 aliphatic rings. The van der Waals surface area contributed by atoms with Crippen molar-refractivity contribution in [3.8, 4) is 0 Å². The standard InChI is InChI=1S/C16H28N2S/c1-12(2)16(15-8-6-10-19-15)18-13(3)11-14-7-4-5-9-17-14/h6,8,10,12-14,16-18H,4-5,7,9,11H2,1-3H3. The Kier molecular flexibility index (Phi) is 5.86. The summed E-state index contributed by atoms with van der Waals surface area (Å²) < 4.78 is 0. The van der Waals surface area contributed by atoms with Crippen LogP contribution >= 0.6 is 11.3 Å². The molecular weight excluding hydrogens is 252 g/mol. The van der Waals surface area contributed by atoms with E-state index < -0.39 is 0 Å². The van der Waals surface area contributed by atoms with Gasteiger partial charge in [-0.15, -0.1) is 11.3 Å². The first-order valence-corrected chi connectivity index (χ1v) is 8.57. The van der Waals surface area contributed by atoms with Gasteiger partial charge in [0.1, 0.15) is 0 Å². The van der Waals surface area contributed by atoms with Crippen molar-refractivity contribution in [1.82, 2.24) is 10.6 Å². The van der Waals surface area contributed by atoms with Gasteiger partial charge in [-0.3, -0.25) is 0 Å². The van der Waals surface area contributed by atoms with Crippen LogP contribution in [0.4, 0.5) is 0 Å². The van der Waals surface area contributed by atoms with Crippen LogP contribution in [0.5, 0.6) is 0 Å². The van der Waals surface area contributed by atoms with Crippen molar-refractivity contribution >= 4 is 11.3 Å². The van der Waals surface area contributed by atoms with Crippen molar-refractivity contribution in [2.75, 3.05) is 6.54 Å². The predicted octanol–water partition coefficient (Wildman–Crippen LogP) is 3.96. The smallest absolute Gasteiger partial charge is 0.0440 e. The molecule has 0 radical (unpaired) electrons. The molecule has 3 heteroatoms. The Morgan fingerprint density at radius 3 is 2.79 bits per heavy atom. The maximum atomic E-state index is 3.84. The van der Waals surface area contributed by atoms with E-state index in [9.17, 15) is 0 Å². The first kappa shape index (κ1) is 15.0. The molecule has 1 fully saturated rings. The topological polar surface area (TPSA) is 24.1 Å². The molecule has 1 saturated heterocycles. The molecule has 2 heterocycles. The van der Waals surface area contributed by atoms with Crippen LogP contribution in [0.25, 0.3) is 0 Å². The largest absolute Gasteiger partial charge is 0.314 e. The Balaban J connectivity index is 1.86. The van der Waals surface area contributed by atoms with Crippen LogP contribution in [0.3, 0.4) is 0 Å². The van der Waals surface area contributed by atoms with Crippen molar-refractivity contribution in [2.45, 2.75) is 64.6 Å². The fourth-order valence-electron chi connectivity index (χ4n) is 3.00. The Morgan fingerprint density at radius 2 is 2.21 bits per heavy atom. The summed E-state index contributed by atoms with van der Waals surface area (Å²) in [5.41, 5.74) is 0. The average molecular weight is 280 g/mol. The summed E-state index contributed by atoms with van der Waals surface area (Å²) in [4.78, 5) is 1.47. The Labute approximate surface area is 122 Å². The van der Waals surface area contributed by atoms with Gasteiger partial charge in [0.25, 0.3) is 0 Å². The summed E-state index contributed by atoms with van der Waals surface area (Å²) in [6.45, 7) is 8.15. The van der Waals surface area contributed by atoms with Crippen LogP contribution in [-0.2, 0) is 0 Å². The van der Waals surface area contributed by atoms with Crippen molar-refractivity contribution < 1.29 is 0 Å². The first-order valence-electron chi connectivity index (χ1n) is 7.69. The van der Waals surface area contributed by atoms with Crippen molar-refractivity contribution in [3.63, 3.8) is 0 Å². The normalized spacial score (nSPS) is 23.5. The predicted molar refractivity (Wildman–Crippen MR) is 84.8 cm³/mol. The third kappa shape index (κ3) is 4.59. The zero-order chi connectivity index (χ0) is 13.7. The third-order valence-electron chi connectivity index (χ3n) is 4.03. The number of rotatable bonds is 6. The lowest BCUT2D eigenvalue weighted by atomic mass is 9.96. The Hall–Kier alpha value is -0.380. The molecule has 1 aromatic rings. The van der Waals surface area contributed by atoms with Crippen molar-refractivity contribution in [2.24, 2.45) is 5.92 Å². The van der Waals surface area contributed by atoms with Gasteiger partial charge in [-0.05, 0) is 50.1 Å². The van der Waals surface area contributed by atoms with Gasteiger partial charge in [0, 0.05) is 23.0 Å². The van der Waals surface area contributed by atoms with E-state index in [0.717, 1.165) is 0 Å². The highest BCUT2D eigenvalue weighted by Crippen LogP contribution is 2.27. The number of nitrogens with one attached hydrogen (secondary N) is 2. The highest BCUT2D eigenvalue weighted by Gasteiger charge is 2.21. The zero-order valence-electron chi connectivity index (χ0n) is 12.5. The summed E-state index contributed by atoms with van der Waals surface area (Å²) in [7, 11) is 0. The van der Waals surface area contributed by atoms with Gasteiger partial charge >= 0.3 is 0 Å². The lowest BCUT2D eigenvalue weighted by Crippen LogP contribution is -2.41. The first-order chi connectivity index (χ1) is 9.16. The second-order valence-corrected chi connectivity index (χ2v) is 7.17. The fourth-order valence-corrected chi connectivity index (χ4v) is 3.96. The molecule has 0 saturated carbocycles. The highest BCUT2D eigenvalue weighted by atomic mass is 32.1. The van der Waals surface area contributed by atoms with E-state index in [-0.39, 0.29) is 0 Å². The van der Waals surface area contributed by atoms with Crippen LogP contribution in [0.15, 0.2) is 17.5 Å². The second-order valence-electron chi connectivity index (χ2n) is 6.19. The summed E-state index contributed by atoms with van der Waals surface area (Å²) >= 11 is 1.87. The lowest BCUT2D eigenvalue weighted by Gasteiger charge is -2.30. The van der Waals surface area contributed by atoms with E-state index in [2.05, 4.69) is 48.9 Å². The SMILES string of the molecule is CC(CC1CCCCN1)NC(c1cccs1)C(C)C. The van der Waals surface area contributed by atoms with E-state index in [0.29, 0.717) is 24.0 Å². The van der Waals surface area contributed by atoms with Gasteiger partial charge in [0.05, 0.1) is 0 Å². The van der Waals surface area contributed by atoms with E-state index in [4.69, 9.17) is 0 Å². The zero-order valence-corrected chi connectivity index (χ0v) is 13.3. The van der Waals surface area contributed by atoms with Crippen LogP contribution in [0, 0.1) is 5.92 Å². The monoisotopic (exact) mass is 280 g/mol. The van der Waals surface area contributed by atoms with E-state index in [1.165, 1.54) is 37.1 Å². The van der Waals surface area contributed by atoms with Gasteiger partial charge in [0.15, 0.2) is 0 Å². The average Bonchev–Trinajstić information content (AvgIpc) is 2.90. The van der Waals surface area contributed by atoms with Gasteiger partial charge in [0.2, 0.25) is 0 Å². The van der Waals surface area contributed by atoms with Crippen LogP contribution < -0.4 is 10.6 Å². The molecule has 1 aromatic heterocycles. The lowest BCUT2D eigenvalue weighted by molar-refractivity contribution is 0.308. The fraction of sp³-hybridized carbons (Fsp3) is 0.750. The summed E-state index contributed by atoms with van der Waals surface area (Å²) in [6.07, 6.45) is 5.33. The van der Waals surface area contributed by atoms with Gasteiger partial charge in [-0.1, -0.05) is 26.3 Å². The molecule has 0 amide bonds. The molecule has 0 bridgehead atoms. The number of hydrogen-bond acceptors (Lipinski definition) is 3. The minimum absolute atomic E-state index is 0.499. The number of thiophene rings is 1. The van der Waals surface area contributed by atoms with E-state index >= 15 is 0 Å².